The molecule has 1 fully saturated rings. The van der Waals surface area contributed by atoms with Crippen LogP contribution in [0, 0.1) is 0 Å². The fourth-order valence-corrected chi connectivity index (χ4v) is 4.06. The number of carbonyl (C=O) groups excluding carboxylic acids is 1. The zero-order valence-electron chi connectivity index (χ0n) is 15.9. The number of amides is 1. The topological polar surface area (TPSA) is 35.6 Å². The quantitative estimate of drug-likeness (QED) is 0.512. The minimum absolute atomic E-state index is 0.0548. The first kappa shape index (κ1) is 22.7. The van der Waals surface area contributed by atoms with Crippen molar-refractivity contribution in [1.82, 2.24) is 9.80 Å². The molecule has 0 bridgehead atoms. The standard InChI is InChI=1S/C21H23Cl4N3O/c22-16-5-3-15(4-6-16)14-28-10-8-27(9-11-28)7-1-2-20(29)26-17-12-18(23)21(25)19(24)13-17/h3-6,12-13H,1-2,7-11,14H2,(H,26,29). The molecule has 8 heteroatoms. The summed E-state index contributed by atoms with van der Waals surface area (Å²) in [6.45, 7) is 5.92. The molecule has 0 atom stereocenters. The van der Waals surface area contributed by atoms with Gasteiger partial charge in [0.25, 0.3) is 0 Å². The lowest BCUT2D eigenvalue weighted by Gasteiger charge is -2.34. The average molecular weight is 475 g/mol. The van der Waals surface area contributed by atoms with Crippen LogP contribution in [0.15, 0.2) is 36.4 Å². The monoisotopic (exact) mass is 473 g/mol. The maximum absolute atomic E-state index is 12.2. The van der Waals surface area contributed by atoms with Crippen LogP contribution in [0.25, 0.3) is 0 Å². The minimum atomic E-state index is -0.0548. The first-order valence-electron chi connectivity index (χ1n) is 9.54. The Morgan fingerprint density at radius 2 is 1.48 bits per heavy atom. The number of rotatable bonds is 7. The molecule has 156 valence electrons. The summed E-state index contributed by atoms with van der Waals surface area (Å²) in [4.78, 5) is 17.0. The summed E-state index contributed by atoms with van der Waals surface area (Å²) in [7, 11) is 0. The predicted molar refractivity (Wildman–Crippen MR) is 123 cm³/mol. The molecule has 3 rings (SSSR count). The molecule has 0 aliphatic carbocycles. The van der Waals surface area contributed by atoms with E-state index in [1.807, 2.05) is 12.1 Å². The van der Waals surface area contributed by atoms with Crippen LogP contribution in [-0.2, 0) is 11.3 Å². The first-order valence-corrected chi connectivity index (χ1v) is 11.1. The highest BCUT2D eigenvalue weighted by molar-refractivity contribution is 6.48. The molecule has 1 N–H and O–H groups in total. The molecule has 0 radical (unpaired) electrons. The van der Waals surface area contributed by atoms with Crippen molar-refractivity contribution in [1.29, 1.82) is 0 Å². The van der Waals surface area contributed by atoms with E-state index in [4.69, 9.17) is 46.4 Å². The van der Waals surface area contributed by atoms with Crippen LogP contribution >= 0.6 is 46.4 Å². The predicted octanol–water partition coefficient (Wildman–Crippen LogP) is 5.84. The van der Waals surface area contributed by atoms with Crippen molar-refractivity contribution in [2.45, 2.75) is 19.4 Å². The van der Waals surface area contributed by atoms with Crippen LogP contribution in [0.3, 0.4) is 0 Å². The number of hydrogen-bond donors (Lipinski definition) is 1. The lowest BCUT2D eigenvalue weighted by Crippen LogP contribution is -2.46. The molecule has 1 aliphatic heterocycles. The molecule has 4 nitrogen and oxygen atoms in total. The third-order valence-corrected chi connectivity index (χ3v) is 6.38. The molecule has 2 aromatic rings. The molecule has 1 aliphatic rings. The van der Waals surface area contributed by atoms with Crippen molar-refractivity contribution >= 4 is 58.0 Å². The van der Waals surface area contributed by atoms with Gasteiger partial charge in [-0.25, -0.2) is 0 Å². The van der Waals surface area contributed by atoms with Crippen molar-refractivity contribution in [2.75, 3.05) is 38.0 Å². The van der Waals surface area contributed by atoms with Crippen LogP contribution in [0.1, 0.15) is 18.4 Å². The minimum Gasteiger partial charge on any atom is -0.326 e. The second-order valence-corrected chi connectivity index (χ2v) is 8.78. The van der Waals surface area contributed by atoms with Gasteiger partial charge >= 0.3 is 0 Å². The highest BCUT2D eigenvalue weighted by atomic mass is 35.5. The Bertz CT molecular complexity index is 813. The van der Waals surface area contributed by atoms with Gasteiger partial charge in [0.15, 0.2) is 0 Å². The molecule has 1 saturated heterocycles. The van der Waals surface area contributed by atoms with Crippen LogP contribution < -0.4 is 5.32 Å². The van der Waals surface area contributed by atoms with Crippen molar-refractivity contribution in [2.24, 2.45) is 0 Å². The molecule has 0 aromatic heterocycles. The summed E-state index contributed by atoms with van der Waals surface area (Å²) in [5, 5.41) is 4.54. The third kappa shape index (κ3) is 7.02. The van der Waals surface area contributed by atoms with Crippen molar-refractivity contribution in [3.05, 3.63) is 62.1 Å². The molecule has 1 amide bonds. The van der Waals surface area contributed by atoms with E-state index >= 15 is 0 Å². The van der Waals surface area contributed by atoms with E-state index in [2.05, 4.69) is 27.2 Å². The Hall–Kier alpha value is -1.01. The summed E-state index contributed by atoms with van der Waals surface area (Å²) in [6.07, 6.45) is 1.25. The van der Waals surface area contributed by atoms with E-state index < -0.39 is 0 Å². The van der Waals surface area contributed by atoms with Gasteiger partial charge in [0.2, 0.25) is 5.91 Å². The van der Waals surface area contributed by atoms with Crippen LogP contribution in [0.4, 0.5) is 5.69 Å². The summed E-state index contributed by atoms with van der Waals surface area (Å²) in [5.41, 5.74) is 1.84. The van der Waals surface area contributed by atoms with Gasteiger partial charge < -0.3 is 10.2 Å². The molecule has 29 heavy (non-hydrogen) atoms. The van der Waals surface area contributed by atoms with Gasteiger partial charge in [-0.3, -0.25) is 9.69 Å². The largest absolute Gasteiger partial charge is 0.326 e. The summed E-state index contributed by atoms with van der Waals surface area (Å²) in [5.74, 6) is -0.0548. The van der Waals surface area contributed by atoms with E-state index in [9.17, 15) is 4.79 Å². The van der Waals surface area contributed by atoms with E-state index in [-0.39, 0.29) is 5.91 Å². The Labute approximate surface area is 191 Å². The number of piperazine rings is 1. The van der Waals surface area contributed by atoms with Gasteiger partial charge in [0, 0.05) is 49.9 Å². The summed E-state index contributed by atoms with van der Waals surface area (Å²) in [6, 6.07) is 11.2. The number of nitrogens with one attached hydrogen (secondary N) is 1. The van der Waals surface area contributed by atoms with E-state index in [0.717, 1.165) is 50.7 Å². The number of nitrogens with zero attached hydrogens (tertiary/aromatic N) is 2. The van der Waals surface area contributed by atoms with Gasteiger partial charge in [-0.05, 0) is 42.8 Å². The lowest BCUT2D eigenvalue weighted by molar-refractivity contribution is -0.116. The van der Waals surface area contributed by atoms with Crippen LogP contribution in [0.5, 0.6) is 0 Å². The second-order valence-electron chi connectivity index (χ2n) is 7.15. The second kappa shape index (κ2) is 10.9. The molecule has 1 heterocycles. The number of hydrogen-bond acceptors (Lipinski definition) is 3. The van der Waals surface area contributed by atoms with Crippen LogP contribution in [-0.4, -0.2) is 48.4 Å². The summed E-state index contributed by atoms with van der Waals surface area (Å²) >= 11 is 23.9. The zero-order chi connectivity index (χ0) is 20.8. The fraction of sp³-hybridized carbons (Fsp3) is 0.381. The first-order chi connectivity index (χ1) is 13.9. The number of benzene rings is 2. The van der Waals surface area contributed by atoms with Crippen molar-refractivity contribution in [3.63, 3.8) is 0 Å². The van der Waals surface area contributed by atoms with Gasteiger partial charge in [-0.2, -0.15) is 0 Å². The number of halogens is 4. The van der Waals surface area contributed by atoms with Gasteiger partial charge in [0.05, 0.1) is 15.1 Å². The Kier molecular flexibility index (Phi) is 8.48. The fourth-order valence-electron chi connectivity index (χ4n) is 3.33. The Morgan fingerprint density at radius 1 is 0.897 bits per heavy atom. The maximum Gasteiger partial charge on any atom is 0.224 e. The number of carbonyl (C=O) groups is 1. The van der Waals surface area contributed by atoms with Gasteiger partial charge in [-0.15, -0.1) is 0 Å². The maximum atomic E-state index is 12.2. The molecular weight excluding hydrogens is 452 g/mol. The van der Waals surface area contributed by atoms with Crippen molar-refractivity contribution < 1.29 is 4.79 Å². The SMILES string of the molecule is O=C(CCCN1CCN(Cc2ccc(Cl)cc2)CC1)Nc1cc(Cl)c(Cl)c(Cl)c1. The van der Waals surface area contributed by atoms with E-state index in [1.54, 1.807) is 12.1 Å². The Morgan fingerprint density at radius 3 is 2.10 bits per heavy atom. The summed E-state index contributed by atoms with van der Waals surface area (Å²) < 4.78 is 0. The van der Waals surface area contributed by atoms with Gasteiger partial charge in [-0.1, -0.05) is 58.5 Å². The smallest absolute Gasteiger partial charge is 0.224 e. The molecule has 0 unspecified atom stereocenters. The zero-order valence-corrected chi connectivity index (χ0v) is 19.0. The van der Waals surface area contributed by atoms with Gasteiger partial charge in [0.1, 0.15) is 0 Å². The molecule has 2 aromatic carbocycles. The Balaban J connectivity index is 1.35. The number of anilines is 1. The molecule has 0 saturated carbocycles. The molecule has 0 spiro atoms. The highest BCUT2D eigenvalue weighted by Gasteiger charge is 2.17. The van der Waals surface area contributed by atoms with E-state index in [0.29, 0.717) is 27.2 Å². The highest BCUT2D eigenvalue weighted by Crippen LogP contribution is 2.33. The van der Waals surface area contributed by atoms with Crippen molar-refractivity contribution in [3.8, 4) is 0 Å². The normalized spacial score (nSPS) is 15.4. The van der Waals surface area contributed by atoms with E-state index in [1.165, 1.54) is 5.56 Å². The lowest BCUT2D eigenvalue weighted by atomic mass is 10.2. The third-order valence-electron chi connectivity index (χ3n) is 4.93. The average Bonchev–Trinajstić information content (AvgIpc) is 2.69. The molecular formula is C21H23Cl4N3O. The van der Waals surface area contributed by atoms with Crippen LogP contribution in [0.2, 0.25) is 20.1 Å².